The van der Waals surface area contributed by atoms with Gasteiger partial charge in [-0.1, -0.05) is 29.3 Å². The molecular formula is C16H11Cl2NO4. The highest BCUT2D eigenvalue weighted by Gasteiger charge is 2.08. The molecule has 0 amide bonds. The number of nitro benzene ring substituents is 1. The number of nitro groups is 1. The van der Waals surface area contributed by atoms with E-state index in [9.17, 15) is 14.9 Å². The average Bonchev–Trinajstić information content (AvgIpc) is 2.53. The van der Waals surface area contributed by atoms with Gasteiger partial charge in [0.2, 0.25) is 0 Å². The molecule has 0 aliphatic rings. The Bertz CT molecular complexity index is 737. The topological polar surface area (TPSA) is 69.4 Å². The first-order valence-corrected chi connectivity index (χ1v) is 7.25. The zero-order valence-corrected chi connectivity index (χ0v) is 13.3. The van der Waals surface area contributed by atoms with Crippen LogP contribution < -0.4 is 0 Å². The summed E-state index contributed by atoms with van der Waals surface area (Å²) in [5.41, 5.74) is 1.16. The first-order chi connectivity index (χ1) is 11.0. The van der Waals surface area contributed by atoms with Crippen molar-refractivity contribution >= 4 is 40.9 Å². The normalized spacial score (nSPS) is 10.7. The number of non-ortho nitro benzene ring substituents is 1. The molecule has 0 aromatic heterocycles. The maximum absolute atomic E-state index is 11.7. The number of carbonyl (C=O) groups is 1. The largest absolute Gasteiger partial charge is 0.458 e. The number of hydrogen-bond acceptors (Lipinski definition) is 4. The molecule has 0 fully saturated rings. The van der Waals surface area contributed by atoms with E-state index in [1.54, 1.807) is 18.2 Å². The highest BCUT2D eigenvalue weighted by atomic mass is 35.5. The minimum absolute atomic E-state index is 0.0157. The molecule has 0 heterocycles. The van der Waals surface area contributed by atoms with Gasteiger partial charge >= 0.3 is 5.97 Å². The van der Waals surface area contributed by atoms with Gasteiger partial charge in [0, 0.05) is 33.8 Å². The third kappa shape index (κ3) is 4.81. The number of nitrogens with zero attached hydrogens (tertiary/aromatic N) is 1. The minimum Gasteiger partial charge on any atom is -0.458 e. The Morgan fingerprint density at radius 3 is 2.30 bits per heavy atom. The summed E-state index contributed by atoms with van der Waals surface area (Å²) in [6.07, 6.45) is 2.73. The molecule has 0 N–H and O–H groups in total. The number of rotatable bonds is 5. The van der Waals surface area contributed by atoms with E-state index in [4.69, 9.17) is 27.9 Å². The third-order valence-corrected chi connectivity index (χ3v) is 3.64. The Morgan fingerprint density at radius 2 is 1.74 bits per heavy atom. The average molecular weight is 352 g/mol. The molecule has 0 aliphatic heterocycles. The Balaban J connectivity index is 1.95. The summed E-state index contributed by atoms with van der Waals surface area (Å²) < 4.78 is 5.07. The zero-order chi connectivity index (χ0) is 16.8. The third-order valence-electron chi connectivity index (χ3n) is 2.94. The van der Waals surface area contributed by atoms with Crippen LogP contribution in [0.5, 0.6) is 0 Å². The molecule has 0 atom stereocenters. The lowest BCUT2D eigenvalue weighted by Crippen LogP contribution is -2.01. The zero-order valence-electron chi connectivity index (χ0n) is 11.7. The second kappa shape index (κ2) is 7.76. The molecular weight excluding hydrogens is 341 g/mol. The van der Waals surface area contributed by atoms with E-state index in [1.165, 1.54) is 36.4 Å². The smallest absolute Gasteiger partial charge is 0.331 e. The van der Waals surface area contributed by atoms with Crippen molar-refractivity contribution < 1.29 is 14.5 Å². The van der Waals surface area contributed by atoms with Gasteiger partial charge in [0.25, 0.3) is 5.69 Å². The SMILES string of the molecule is O=C(C=Cc1ccc([N+](=O)[O-])cc1)OCc1c(Cl)cccc1Cl. The molecule has 2 aromatic rings. The summed E-state index contributed by atoms with van der Waals surface area (Å²) >= 11 is 12.0. The standard InChI is InChI=1S/C16H11Cl2NO4/c17-14-2-1-3-15(18)13(14)10-23-16(20)9-6-11-4-7-12(8-5-11)19(21)22/h1-9H,10H2. The van der Waals surface area contributed by atoms with Gasteiger partial charge in [-0.3, -0.25) is 10.1 Å². The highest BCUT2D eigenvalue weighted by Crippen LogP contribution is 2.24. The fraction of sp³-hybridized carbons (Fsp3) is 0.0625. The molecule has 0 saturated carbocycles. The van der Waals surface area contributed by atoms with E-state index < -0.39 is 10.9 Å². The Hall–Kier alpha value is -2.37. The molecule has 2 aromatic carbocycles. The second-order valence-electron chi connectivity index (χ2n) is 4.49. The van der Waals surface area contributed by atoms with Crippen molar-refractivity contribution in [3.8, 4) is 0 Å². The fourth-order valence-electron chi connectivity index (χ4n) is 1.73. The molecule has 7 heteroatoms. The van der Waals surface area contributed by atoms with Gasteiger partial charge in [0.1, 0.15) is 6.61 Å². The number of benzene rings is 2. The maximum Gasteiger partial charge on any atom is 0.331 e. The first kappa shape index (κ1) is 17.0. The van der Waals surface area contributed by atoms with Crippen molar-refractivity contribution in [1.29, 1.82) is 0 Å². The number of halogens is 2. The number of carbonyl (C=O) groups excluding carboxylic acids is 1. The lowest BCUT2D eigenvalue weighted by atomic mass is 10.2. The van der Waals surface area contributed by atoms with E-state index in [-0.39, 0.29) is 12.3 Å². The van der Waals surface area contributed by atoms with Crippen LogP contribution >= 0.6 is 23.2 Å². The van der Waals surface area contributed by atoms with Gasteiger partial charge in [-0.05, 0) is 35.9 Å². The Labute approximate surface area is 142 Å². The summed E-state index contributed by atoms with van der Waals surface area (Å²) in [6.45, 7) is -0.0397. The molecule has 0 spiro atoms. The lowest BCUT2D eigenvalue weighted by Gasteiger charge is -2.06. The molecule has 118 valence electrons. The number of ether oxygens (including phenoxy) is 1. The van der Waals surface area contributed by atoms with Crippen molar-refractivity contribution in [3.63, 3.8) is 0 Å². The number of esters is 1. The van der Waals surface area contributed by atoms with Gasteiger partial charge in [0.05, 0.1) is 4.92 Å². The van der Waals surface area contributed by atoms with Crippen LogP contribution in [0.25, 0.3) is 6.08 Å². The predicted molar refractivity (Wildman–Crippen MR) is 88.4 cm³/mol. The van der Waals surface area contributed by atoms with Gasteiger partial charge < -0.3 is 4.74 Å². The molecule has 0 aliphatic carbocycles. The summed E-state index contributed by atoms with van der Waals surface area (Å²) in [5, 5.41) is 11.4. The molecule has 0 saturated heterocycles. The van der Waals surface area contributed by atoms with Crippen molar-refractivity contribution in [2.45, 2.75) is 6.61 Å². The quantitative estimate of drug-likeness (QED) is 0.340. The van der Waals surface area contributed by atoms with E-state index in [2.05, 4.69) is 0 Å². The molecule has 2 rings (SSSR count). The summed E-state index contributed by atoms with van der Waals surface area (Å²) in [7, 11) is 0. The van der Waals surface area contributed by atoms with E-state index in [0.717, 1.165) is 0 Å². The van der Waals surface area contributed by atoms with Crippen molar-refractivity contribution in [3.05, 3.63) is 79.8 Å². The van der Waals surface area contributed by atoms with Crippen LogP contribution in [0.2, 0.25) is 10.0 Å². The monoisotopic (exact) mass is 351 g/mol. The highest BCUT2D eigenvalue weighted by molar-refractivity contribution is 6.35. The molecule has 5 nitrogen and oxygen atoms in total. The van der Waals surface area contributed by atoms with Crippen molar-refractivity contribution in [1.82, 2.24) is 0 Å². The van der Waals surface area contributed by atoms with Crippen LogP contribution in [0.4, 0.5) is 5.69 Å². The Kier molecular flexibility index (Phi) is 5.73. The fourth-order valence-corrected chi connectivity index (χ4v) is 2.24. The van der Waals surface area contributed by atoms with Gasteiger partial charge in [-0.15, -0.1) is 0 Å². The molecule has 23 heavy (non-hydrogen) atoms. The van der Waals surface area contributed by atoms with Crippen LogP contribution in [0.1, 0.15) is 11.1 Å². The van der Waals surface area contributed by atoms with Crippen LogP contribution in [-0.2, 0) is 16.1 Å². The van der Waals surface area contributed by atoms with Gasteiger partial charge in [-0.2, -0.15) is 0 Å². The van der Waals surface area contributed by atoms with Crippen LogP contribution in [0, 0.1) is 10.1 Å². The summed E-state index contributed by atoms with van der Waals surface area (Å²) in [5.74, 6) is -0.570. The predicted octanol–water partition coefficient (Wildman–Crippen LogP) is 4.66. The molecule has 0 unspecified atom stereocenters. The number of hydrogen-bond donors (Lipinski definition) is 0. The molecule has 0 bridgehead atoms. The van der Waals surface area contributed by atoms with Gasteiger partial charge in [0.15, 0.2) is 0 Å². The Morgan fingerprint density at radius 1 is 1.13 bits per heavy atom. The molecule has 0 radical (unpaired) electrons. The first-order valence-electron chi connectivity index (χ1n) is 6.49. The van der Waals surface area contributed by atoms with Crippen LogP contribution in [-0.4, -0.2) is 10.9 Å². The van der Waals surface area contributed by atoms with Gasteiger partial charge in [-0.25, -0.2) is 4.79 Å². The van der Waals surface area contributed by atoms with E-state index in [1.807, 2.05) is 0 Å². The van der Waals surface area contributed by atoms with Crippen LogP contribution in [0.3, 0.4) is 0 Å². The summed E-state index contributed by atoms with van der Waals surface area (Å²) in [4.78, 5) is 21.7. The second-order valence-corrected chi connectivity index (χ2v) is 5.30. The van der Waals surface area contributed by atoms with E-state index >= 15 is 0 Å². The summed E-state index contributed by atoms with van der Waals surface area (Å²) in [6, 6.07) is 10.8. The van der Waals surface area contributed by atoms with E-state index in [0.29, 0.717) is 21.2 Å². The van der Waals surface area contributed by atoms with Crippen molar-refractivity contribution in [2.24, 2.45) is 0 Å². The van der Waals surface area contributed by atoms with Crippen LogP contribution in [0.15, 0.2) is 48.5 Å². The minimum atomic E-state index is -0.570. The van der Waals surface area contributed by atoms with Crippen molar-refractivity contribution in [2.75, 3.05) is 0 Å². The lowest BCUT2D eigenvalue weighted by molar-refractivity contribution is -0.384. The maximum atomic E-state index is 11.7.